The summed E-state index contributed by atoms with van der Waals surface area (Å²) in [5.41, 5.74) is 4.70. The van der Waals surface area contributed by atoms with E-state index in [-0.39, 0.29) is 17.4 Å². The van der Waals surface area contributed by atoms with Crippen LogP contribution in [0, 0.1) is 0 Å². The summed E-state index contributed by atoms with van der Waals surface area (Å²) in [5.74, 6) is -0.0837. The fraction of sp³-hybridized carbons (Fsp3) is 0.167. The molecule has 2 aromatic carbocycles. The van der Waals surface area contributed by atoms with Crippen molar-refractivity contribution in [1.29, 1.82) is 0 Å². The van der Waals surface area contributed by atoms with Crippen LogP contribution in [0.15, 0.2) is 52.1 Å². The topological polar surface area (TPSA) is 96.3 Å². The Kier molecular flexibility index (Phi) is 4.81. The first-order chi connectivity index (χ1) is 12.4. The lowest BCUT2D eigenvalue weighted by Crippen LogP contribution is -2.41. The van der Waals surface area contributed by atoms with Gasteiger partial charge in [0.2, 0.25) is 5.91 Å². The second kappa shape index (κ2) is 7.05. The molecule has 0 unspecified atom stereocenters. The van der Waals surface area contributed by atoms with Crippen LogP contribution in [0.1, 0.15) is 6.92 Å². The van der Waals surface area contributed by atoms with E-state index >= 15 is 0 Å². The van der Waals surface area contributed by atoms with Crippen LogP contribution < -0.4 is 21.7 Å². The number of ether oxygens (including phenoxy) is 1. The average molecular weight is 374 g/mol. The molecule has 0 aliphatic heterocycles. The van der Waals surface area contributed by atoms with Crippen LogP contribution in [-0.2, 0) is 11.3 Å². The minimum Gasteiger partial charge on any atom is -0.494 e. The quantitative estimate of drug-likeness (QED) is 0.736. The SMILES string of the molecule is CCOc1ccc(-n2c(=O)c3ccc(Cl)cc3n(CC(N)=O)c2=O)cc1. The highest BCUT2D eigenvalue weighted by Crippen LogP contribution is 2.18. The van der Waals surface area contributed by atoms with Crippen LogP contribution in [0.5, 0.6) is 5.75 Å². The molecule has 8 heteroatoms. The molecule has 1 aromatic heterocycles. The third kappa shape index (κ3) is 3.21. The Morgan fingerprint density at radius 1 is 1.15 bits per heavy atom. The van der Waals surface area contributed by atoms with E-state index in [4.69, 9.17) is 22.1 Å². The van der Waals surface area contributed by atoms with Crippen LogP contribution in [0.2, 0.25) is 5.02 Å². The van der Waals surface area contributed by atoms with Crippen molar-refractivity contribution in [2.24, 2.45) is 5.73 Å². The Morgan fingerprint density at radius 3 is 2.46 bits per heavy atom. The molecule has 0 saturated carbocycles. The standard InChI is InChI=1S/C18H16ClN3O4/c1-2-26-13-6-4-12(5-7-13)22-17(24)14-8-3-11(19)9-15(14)21(18(22)25)10-16(20)23/h3-9H,2,10H2,1H3,(H2,20,23). The van der Waals surface area contributed by atoms with E-state index in [1.54, 1.807) is 30.3 Å². The normalized spacial score (nSPS) is 10.8. The number of amides is 1. The van der Waals surface area contributed by atoms with Crippen LogP contribution >= 0.6 is 11.6 Å². The van der Waals surface area contributed by atoms with Gasteiger partial charge in [-0.15, -0.1) is 0 Å². The summed E-state index contributed by atoms with van der Waals surface area (Å²) >= 11 is 5.98. The zero-order valence-corrected chi connectivity index (χ0v) is 14.7. The summed E-state index contributed by atoms with van der Waals surface area (Å²) in [4.78, 5) is 37.2. The van der Waals surface area contributed by atoms with E-state index in [1.807, 2.05) is 6.92 Å². The number of primary amides is 1. The van der Waals surface area contributed by atoms with Crippen LogP contribution in [-0.4, -0.2) is 21.6 Å². The molecule has 134 valence electrons. The molecule has 0 radical (unpaired) electrons. The van der Waals surface area contributed by atoms with E-state index in [2.05, 4.69) is 0 Å². The summed E-state index contributed by atoms with van der Waals surface area (Å²) in [6.45, 7) is 1.99. The van der Waals surface area contributed by atoms with Gasteiger partial charge >= 0.3 is 5.69 Å². The zero-order chi connectivity index (χ0) is 18.8. The fourth-order valence-corrected chi connectivity index (χ4v) is 2.90. The predicted molar refractivity (Wildman–Crippen MR) is 99.2 cm³/mol. The molecule has 0 aliphatic rings. The maximum atomic E-state index is 12.9. The highest BCUT2D eigenvalue weighted by Gasteiger charge is 2.16. The number of aromatic nitrogens is 2. The number of hydrogen-bond acceptors (Lipinski definition) is 4. The minimum absolute atomic E-state index is 0.254. The van der Waals surface area contributed by atoms with Crippen molar-refractivity contribution in [3.8, 4) is 11.4 Å². The molecule has 3 rings (SSSR count). The van der Waals surface area contributed by atoms with E-state index in [0.717, 1.165) is 9.13 Å². The van der Waals surface area contributed by atoms with Crippen LogP contribution in [0.3, 0.4) is 0 Å². The van der Waals surface area contributed by atoms with Crippen molar-refractivity contribution >= 4 is 28.4 Å². The summed E-state index contributed by atoms with van der Waals surface area (Å²) in [6, 6.07) is 11.1. The highest BCUT2D eigenvalue weighted by atomic mass is 35.5. The van der Waals surface area contributed by atoms with Crippen LogP contribution in [0.25, 0.3) is 16.6 Å². The van der Waals surface area contributed by atoms with Gasteiger partial charge in [0, 0.05) is 5.02 Å². The Bertz CT molecular complexity index is 1100. The molecule has 1 amide bonds. The molecule has 0 saturated heterocycles. The number of fused-ring (bicyclic) bond motifs is 1. The maximum absolute atomic E-state index is 12.9. The van der Waals surface area contributed by atoms with Gasteiger partial charge in [-0.25, -0.2) is 9.36 Å². The van der Waals surface area contributed by atoms with Crippen molar-refractivity contribution in [2.45, 2.75) is 13.5 Å². The lowest BCUT2D eigenvalue weighted by molar-refractivity contribution is -0.118. The van der Waals surface area contributed by atoms with Crippen molar-refractivity contribution in [3.05, 3.63) is 68.3 Å². The monoisotopic (exact) mass is 373 g/mol. The Morgan fingerprint density at radius 2 is 1.85 bits per heavy atom. The highest BCUT2D eigenvalue weighted by molar-refractivity contribution is 6.31. The summed E-state index contributed by atoms with van der Waals surface area (Å²) < 4.78 is 7.51. The first-order valence-corrected chi connectivity index (χ1v) is 8.27. The second-order valence-electron chi connectivity index (χ2n) is 5.56. The van der Waals surface area contributed by atoms with Gasteiger partial charge in [0.25, 0.3) is 5.56 Å². The number of carbonyl (C=O) groups is 1. The van der Waals surface area contributed by atoms with Gasteiger partial charge in [0.05, 0.1) is 23.2 Å². The smallest absolute Gasteiger partial charge is 0.336 e. The van der Waals surface area contributed by atoms with Gasteiger partial charge in [0.1, 0.15) is 12.3 Å². The molecule has 7 nitrogen and oxygen atoms in total. The Hall–Kier alpha value is -3.06. The molecule has 0 fully saturated rings. The number of nitrogens with zero attached hydrogens (tertiary/aromatic N) is 2. The number of nitrogens with two attached hydrogens (primary N) is 1. The molecular weight excluding hydrogens is 358 g/mol. The second-order valence-corrected chi connectivity index (χ2v) is 6.00. The van der Waals surface area contributed by atoms with Gasteiger partial charge in [-0.2, -0.15) is 0 Å². The average Bonchev–Trinajstić information content (AvgIpc) is 2.60. The summed E-state index contributed by atoms with van der Waals surface area (Å²) in [7, 11) is 0. The third-order valence-corrected chi connectivity index (χ3v) is 4.06. The number of halogens is 1. The van der Waals surface area contributed by atoms with E-state index in [0.29, 0.717) is 23.1 Å². The molecular formula is C18H16ClN3O4. The largest absolute Gasteiger partial charge is 0.494 e. The molecule has 0 spiro atoms. The van der Waals surface area contributed by atoms with Gasteiger partial charge in [-0.05, 0) is 49.4 Å². The van der Waals surface area contributed by atoms with Gasteiger partial charge in [-0.3, -0.25) is 14.2 Å². The predicted octanol–water partition coefficient (Wildman–Crippen LogP) is 1.69. The third-order valence-electron chi connectivity index (χ3n) is 3.83. The van der Waals surface area contributed by atoms with E-state index in [9.17, 15) is 14.4 Å². The number of hydrogen-bond donors (Lipinski definition) is 1. The van der Waals surface area contributed by atoms with Gasteiger partial charge in [-0.1, -0.05) is 11.6 Å². The van der Waals surface area contributed by atoms with Crippen molar-refractivity contribution in [3.63, 3.8) is 0 Å². The Balaban J connectivity index is 2.32. The molecule has 0 aliphatic carbocycles. The summed E-state index contributed by atoms with van der Waals surface area (Å²) in [6.07, 6.45) is 0. The van der Waals surface area contributed by atoms with Crippen LogP contribution in [0.4, 0.5) is 0 Å². The first-order valence-electron chi connectivity index (χ1n) is 7.89. The molecule has 2 N–H and O–H groups in total. The fourth-order valence-electron chi connectivity index (χ4n) is 2.73. The minimum atomic E-state index is -0.703. The van der Waals surface area contributed by atoms with Gasteiger partial charge < -0.3 is 10.5 Å². The Labute approximate surface area is 153 Å². The lowest BCUT2D eigenvalue weighted by atomic mass is 10.2. The zero-order valence-electron chi connectivity index (χ0n) is 13.9. The molecule has 26 heavy (non-hydrogen) atoms. The lowest BCUT2D eigenvalue weighted by Gasteiger charge is -2.13. The number of benzene rings is 2. The summed E-state index contributed by atoms with van der Waals surface area (Å²) in [5, 5.41) is 0.595. The van der Waals surface area contributed by atoms with E-state index in [1.165, 1.54) is 12.1 Å². The first kappa shape index (κ1) is 17.8. The number of rotatable bonds is 5. The molecule has 3 aromatic rings. The maximum Gasteiger partial charge on any atom is 0.336 e. The number of carbonyl (C=O) groups excluding carboxylic acids is 1. The van der Waals surface area contributed by atoms with Crippen molar-refractivity contribution in [1.82, 2.24) is 9.13 Å². The van der Waals surface area contributed by atoms with Crippen molar-refractivity contribution in [2.75, 3.05) is 6.61 Å². The van der Waals surface area contributed by atoms with E-state index < -0.39 is 17.2 Å². The van der Waals surface area contributed by atoms with Gasteiger partial charge in [0.15, 0.2) is 0 Å². The molecule has 1 heterocycles. The van der Waals surface area contributed by atoms with Crippen molar-refractivity contribution < 1.29 is 9.53 Å². The molecule has 0 atom stereocenters. The molecule has 0 bridgehead atoms.